The van der Waals surface area contributed by atoms with Crippen molar-refractivity contribution in [2.45, 2.75) is 6.54 Å². The molecule has 0 bridgehead atoms. The third-order valence-electron chi connectivity index (χ3n) is 3.75. The Hall–Kier alpha value is -3.65. The Morgan fingerprint density at radius 2 is 1.88 bits per heavy atom. The molecular weight excluding hydrogens is 334 g/mol. The molecule has 6 N–H and O–H groups in total. The molecule has 2 amide bonds. The summed E-state index contributed by atoms with van der Waals surface area (Å²) < 4.78 is 0. The molecule has 0 aliphatic carbocycles. The van der Waals surface area contributed by atoms with Crippen molar-refractivity contribution >= 4 is 23.4 Å². The van der Waals surface area contributed by atoms with Crippen LogP contribution in [-0.2, 0) is 6.54 Å². The Labute approximate surface area is 149 Å². The standard InChI is InChI=1S/C18H17N5O3/c19-10-13-2-1-12(16-20-7-8-21-16)9-15(13)23-17(24)11-3-5-14(6-4-11)22-18(25)26/h1-9,22H,10,19H2,(H,20,21)(H,23,24)(H,25,26). The van der Waals surface area contributed by atoms with E-state index in [0.717, 1.165) is 11.1 Å². The van der Waals surface area contributed by atoms with Crippen LogP contribution in [-0.4, -0.2) is 27.1 Å². The molecule has 0 radical (unpaired) electrons. The van der Waals surface area contributed by atoms with Crippen LogP contribution in [0.2, 0.25) is 0 Å². The molecular formula is C18H17N5O3. The van der Waals surface area contributed by atoms with E-state index in [0.29, 0.717) is 22.8 Å². The predicted octanol–water partition coefficient (Wildman–Crippen LogP) is 2.88. The maximum atomic E-state index is 12.5. The van der Waals surface area contributed by atoms with Gasteiger partial charge < -0.3 is 21.1 Å². The molecule has 0 aliphatic heterocycles. The van der Waals surface area contributed by atoms with E-state index in [1.165, 1.54) is 12.1 Å². The largest absolute Gasteiger partial charge is 0.465 e. The fourth-order valence-electron chi connectivity index (χ4n) is 2.46. The third kappa shape index (κ3) is 3.87. The van der Waals surface area contributed by atoms with Crippen LogP contribution in [0.15, 0.2) is 54.9 Å². The van der Waals surface area contributed by atoms with Crippen molar-refractivity contribution in [3.63, 3.8) is 0 Å². The fourth-order valence-corrected chi connectivity index (χ4v) is 2.46. The van der Waals surface area contributed by atoms with E-state index in [1.54, 1.807) is 30.6 Å². The van der Waals surface area contributed by atoms with Gasteiger partial charge in [-0.2, -0.15) is 0 Å². The summed E-state index contributed by atoms with van der Waals surface area (Å²) in [5.74, 6) is 0.367. The lowest BCUT2D eigenvalue weighted by Gasteiger charge is -2.12. The smallest absolute Gasteiger partial charge is 0.409 e. The number of nitrogens with zero attached hydrogens (tertiary/aromatic N) is 1. The Morgan fingerprint density at radius 1 is 1.12 bits per heavy atom. The zero-order valence-electron chi connectivity index (χ0n) is 13.7. The van der Waals surface area contributed by atoms with Gasteiger partial charge in [-0.15, -0.1) is 0 Å². The number of carbonyl (C=O) groups is 2. The molecule has 8 heteroatoms. The summed E-state index contributed by atoms with van der Waals surface area (Å²) in [5.41, 5.74) is 8.75. The van der Waals surface area contributed by atoms with Gasteiger partial charge in [-0.3, -0.25) is 10.1 Å². The lowest BCUT2D eigenvalue weighted by Crippen LogP contribution is -2.15. The van der Waals surface area contributed by atoms with E-state index < -0.39 is 6.09 Å². The van der Waals surface area contributed by atoms with Crippen LogP contribution >= 0.6 is 0 Å². The number of aromatic nitrogens is 2. The second-order valence-corrected chi connectivity index (χ2v) is 5.48. The molecule has 3 rings (SSSR count). The number of hydrogen-bond acceptors (Lipinski definition) is 4. The van der Waals surface area contributed by atoms with Gasteiger partial charge in [-0.1, -0.05) is 12.1 Å². The first-order valence-corrected chi connectivity index (χ1v) is 7.81. The van der Waals surface area contributed by atoms with Gasteiger partial charge in [0.05, 0.1) is 0 Å². The molecule has 0 unspecified atom stereocenters. The van der Waals surface area contributed by atoms with Crippen LogP contribution < -0.4 is 16.4 Å². The maximum absolute atomic E-state index is 12.5. The van der Waals surface area contributed by atoms with Crippen LogP contribution in [0.4, 0.5) is 16.2 Å². The second kappa shape index (κ2) is 7.49. The lowest BCUT2D eigenvalue weighted by atomic mass is 10.1. The van der Waals surface area contributed by atoms with Gasteiger partial charge in [-0.25, -0.2) is 9.78 Å². The molecule has 3 aromatic rings. The predicted molar refractivity (Wildman–Crippen MR) is 98.0 cm³/mol. The monoisotopic (exact) mass is 351 g/mol. The first-order chi connectivity index (χ1) is 12.6. The van der Waals surface area contributed by atoms with Crippen LogP contribution in [0.3, 0.4) is 0 Å². The fraction of sp³-hybridized carbons (Fsp3) is 0.0556. The van der Waals surface area contributed by atoms with E-state index in [1.807, 2.05) is 12.1 Å². The Balaban J connectivity index is 1.82. The molecule has 8 nitrogen and oxygen atoms in total. The first kappa shape index (κ1) is 17.2. The molecule has 0 fully saturated rings. The number of nitrogens with two attached hydrogens (primary N) is 1. The second-order valence-electron chi connectivity index (χ2n) is 5.48. The minimum atomic E-state index is -1.16. The molecule has 132 valence electrons. The van der Waals surface area contributed by atoms with Gasteiger partial charge in [0.1, 0.15) is 5.82 Å². The highest BCUT2D eigenvalue weighted by Crippen LogP contribution is 2.24. The highest BCUT2D eigenvalue weighted by Gasteiger charge is 2.11. The summed E-state index contributed by atoms with van der Waals surface area (Å²) in [4.78, 5) is 30.3. The Morgan fingerprint density at radius 3 is 2.50 bits per heavy atom. The number of H-pyrrole nitrogens is 1. The van der Waals surface area contributed by atoms with Crippen molar-refractivity contribution in [2.75, 3.05) is 10.6 Å². The average Bonchev–Trinajstić information content (AvgIpc) is 3.16. The van der Waals surface area contributed by atoms with Gasteiger partial charge in [0.2, 0.25) is 0 Å². The minimum Gasteiger partial charge on any atom is -0.465 e. The lowest BCUT2D eigenvalue weighted by molar-refractivity contribution is 0.102. The Kier molecular flexibility index (Phi) is 4.95. The highest BCUT2D eigenvalue weighted by atomic mass is 16.4. The van der Waals surface area contributed by atoms with Crippen molar-refractivity contribution in [2.24, 2.45) is 5.73 Å². The molecule has 0 aliphatic rings. The van der Waals surface area contributed by atoms with Crippen molar-refractivity contribution in [3.05, 3.63) is 66.0 Å². The molecule has 1 heterocycles. The molecule has 2 aromatic carbocycles. The van der Waals surface area contributed by atoms with Gasteiger partial charge in [0.15, 0.2) is 0 Å². The van der Waals surface area contributed by atoms with Crippen molar-refractivity contribution in [1.29, 1.82) is 0 Å². The zero-order chi connectivity index (χ0) is 18.5. The molecule has 1 aromatic heterocycles. The summed E-state index contributed by atoms with van der Waals surface area (Å²) in [6.07, 6.45) is 2.21. The average molecular weight is 351 g/mol. The summed E-state index contributed by atoms with van der Waals surface area (Å²) in [5, 5.41) is 13.8. The molecule has 26 heavy (non-hydrogen) atoms. The quantitative estimate of drug-likeness (QED) is 0.482. The van der Waals surface area contributed by atoms with Gasteiger partial charge in [-0.05, 0) is 35.9 Å². The number of carboxylic acid groups (broad SMARTS) is 1. The van der Waals surface area contributed by atoms with E-state index in [2.05, 4.69) is 20.6 Å². The number of nitrogens with one attached hydrogen (secondary N) is 3. The minimum absolute atomic E-state index is 0.273. The van der Waals surface area contributed by atoms with E-state index in [4.69, 9.17) is 10.8 Å². The number of rotatable bonds is 5. The number of aromatic amines is 1. The highest BCUT2D eigenvalue weighted by molar-refractivity contribution is 6.05. The van der Waals surface area contributed by atoms with E-state index in [9.17, 15) is 9.59 Å². The molecule has 0 atom stereocenters. The SMILES string of the molecule is NCc1ccc(-c2ncc[nH]2)cc1NC(=O)c1ccc(NC(=O)O)cc1. The van der Waals surface area contributed by atoms with E-state index >= 15 is 0 Å². The molecule has 0 saturated carbocycles. The summed E-state index contributed by atoms with van der Waals surface area (Å²) in [7, 11) is 0. The zero-order valence-corrected chi connectivity index (χ0v) is 13.7. The van der Waals surface area contributed by atoms with Gasteiger partial charge >= 0.3 is 6.09 Å². The number of benzene rings is 2. The maximum Gasteiger partial charge on any atom is 0.409 e. The summed E-state index contributed by atoms with van der Waals surface area (Å²) in [6, 6.07) is 11.6. The Bertz CT molecular complexity index is 921. The van der Waals surface area contributed by atoms with Crippen molar-refractivity contribution in [3.8, 4) is 11.4 Å². The topological polar surface area (TPSA) is 133 Å². The van der Waals surface area contributed by atoms with Crippen LogP contribution in [0.25, 0.3) is 11.4 Å². The van der Waals surface area contributed by atoms with Crippen molar-refractivity contribution in [1.82, 2.24) is 9.97 Å². The third-order valence-corrected chi connectivity index (χ3v) is 3.75. The van der Waals surface area contributed by atoms with Crippen LogP contribution in [0, 0.1) is 0 Å². The van der Waals surface area contributed by atoms with Crippen molar-refractivity contribution < 1.29 is 14.7 Å². The molecule has 0 saturated heterocycles. The summed E-state index contributed by atoms with van der Waals surface area (Å²) >= 11 is 0. The van der Waals surface area contributed by atoms with Crippen LogP contribution in [0.1, 0.15) is 15.9 Å². The van der Waals surface area contributed by atoms with Gasteiger partial charge in [0, 0.05) is 41.4 Å². The number of imidazole rings is 1. The van der Waals surface area contributed by atoms with Gasteiger partial charge in [0.25, 0.3) is 5.91 Å². The number of hydrogen-bond donors (Lipinski definition) is 5. The first-order valence-electron chi connectivity index (χ1n) is 7.81. The summed E-state index contributed by atoms with van der Waals surface area (Å²) in [6.45, 7) is 0.273. The number of carbonyl (C=O) groups excluding carboxylic acids is 1. The van der Waals surface area contributed by atoms with Crippen LogP contribution in [0.5, 0.6) is 0 Å². The van der Waals surface area contributed by atoms with E-state index in [-0.39, 0.29) is 12.5 Å². The normalized spacial score (nSPS) is 10.3. The number of anilines is 2. The number of amides is 2. The molecule has 0 spiro atoms.